The van der Waals surface area contributed by atoms with Gasteiger partial charge >= 0.3 is 0 Å². The molecular formula is C17H13ClN2O5S. The molecule has 0 fully saturated rings. The highest BCUT2D eigenvalue weighted by Gasteiger charge is 2.20. The van der Waals surface area contributed by atoms with Crippen molar-refractivity contribution in [1.82, 2.24) is 0 Å². The Morgan fingerprint density at radius 2 is 1.96 bits per heavy atom. The van der Waals surface area contributed by atoms with Crippen molar-refractivity contribution in [3.8, 4) is 11.5 Å². The van der Waals surface area contributed by atoms with Crippen LogP contribution in [0, 0.1) is 10.1 Å². The van der Waals surface area contributed by atoms with Crippen molar-refractivity contribution in [2.45, 2.75) is 0 Å². The molecule has 0 bridgehead atoms. The van der Waals surface area contributed by atoms with E-state index in [1.54, 1.807) is 25.3 Å². The van der Waals surface area contributed by atoms with Gasteiger partial charge in [0.1, 0.15) is 16.4 Å². The maximum atomic E-state index is 12.6. The molecule has 0 aliphatic carbocycles. The average Bonchev–Trinajstić information content (AvgIpc) is 2.97. The van der Waals surface area contributed by atoms with Gasteiger partial charge in [0.05, 0.1) is 35.9 Å². The summed E-state index contributed by atoms with van der Waals surface area (Å²) in [5.74, 6) is 0.424. The summed E-state index contributed by atoms with van der Waals surface area (Å²) >= 11 is 7.57. The van der Waals surface area contributed by atoms with Crippen LogP contribution < -0.4 is 14.8 Å². The highest BCUT2D eigenvalue weighted by Crippen LogP contribution is 2.38. The lowest BCUT2D eigenvalue weighted by molar-refractivity contribution is -0.384. The number of nitro groups is 1. The van der Waals surface area contributed by atoms with Crippen molar-refractivity contribution in [1.29, 1.82) is 0 Å². The van der Waals surface area contributed by atoms with Crippen LogP contribution in [0.5, 0.6) is 11.5 Å². The summed E-state index contributed by atoms with van der Waals surface area (Å²) in [5.41, 5.74) is 0.182. The Bertz CT molecular complexity index is 1020. The number of benzene rings is 2. The molecule has 0 saturated heterocycles. The summed E-state index contributed by atoms with van der Waals surface area (Å²) in [7, 11) is 2.93. The van der Waals surface area contributed by atoms with E-state index in [9.17, 15) is 14.9 Å². The number of carbonyl (C=O) groups excluding carboxylic acids is 1. The summed E-state index contributed by atoms with van der Waals surface area (Å²) in [6.45, 7) is 0. The van der Waals surface area contributed by atoms with Gasteiger partial charge in [-0.05, 0) is 24.3 Å². The fourth-order valence-electron chi connectivity index (χ4n) is 2.39. The maximum Gasteiger partial charge on any atom is 0.273 e. The van der Waals surface area contributed by atoms with Gasteiger partial charge in [0.15, 0.2) is 0 Å². The molecule has 0 aliphatic rings. The molecule has 1 amide bonds. The molecule has 0 spiro atoms. The smallest absolute Gasteiger partial charge is 0.273 e. The maximum absolute atomic E-state index is 12.6. The van der Waals surface area contributed by atoms with Gasteiger partial charge in [-0.15, -0.1) is 11.3 Å². The molecule has 0 atom stereocenters. The lowest BCUT2D eigenvalue weighted by Crippen LogP contribution is -2.11. The number of carbonyl (C=O) groups is 1. The predicted molar refractivity (Wildman–Crippen MR) is 101 cm³/mol. The van der Waals surface area contributed by atoms with E-state index in [1.807, 2.05) is 0 Å². The molecule has 3 aromatic rings. The first-order valence-corrected chi connectivity index (χ1v) is 8.54. The minimum Gasteiger partial charge on any atom is -0.497 e. The Morgan fingerprint density at radius 1 is 1.19 bits per heavy atom. The molecule has 7 nitrogen and oxygen atoms in total. The molecule has 26 heavy (non-hydrogen) atoms. The zero-order valence-corrected chi connectivity index (χ0v) is 15.3. The molecule has 1 heterocycles. The van der Waals surface area contributed by atoms with Crippen LogP contribution in [-0.4, -0.2) is 25.1 Å². The largest absolute Gasteiger partial charge is 0.497 e. The molecule has 3 rings (SSSR count). The number of hydrogen-bond donors (Lipinski definition) is 1. The Kier molecular flexibility index (Phi) is 4.97. The molecular weight excluding hydrogens is 380 g/mol. The van der Waals surface area contributed by atoms with Crippen LogP contribution in [0.15, 0.2) is 36.4 Å². The van der Waals surface area contributed by atoms with Crippen molar-refractivity contribution >= 4 is 50.3 Å². The third-order valence-electron chi connectivity index (χ3n) is 3.69. The molecule has 1 N–H and O–H groups in total. The number of anilines is 1. The van der Waals surface area contributed by atoms with Crippen LogP contribution in [0.3, 0.4) is 0 Å². The van der Waals surface area contributed by atoms with Gasteiger partial charge in [0.2, 0.25) is 0 Å². The van der Waals surface area contributed by atoms with E-state index < -0.39 is 10.8 Å². The number of thiophene rings is 1. The molecule has 134 valence electrons. The second kappa shape index (κ2) is 7.19. The van der Waals surface area contributed by atoms with E-state index in [0.29, 0.717) is 21.3 Å². The van der Waals surface area contributed by atoms with E-state index in [-0.39, 0.29) is 11.4 Å². The van der Waals surface area contributed by atoms with Crippen LogP contribution in [0.25, 0.3) is 10.1 Å². The Hall–Kier alpha value is -2.84. The summed E-state index contributed by atoms with van der Waals surface area (Å²) in [6.07, 6.45) is 0. The summed E-state index contributed by atoms with van der Waals surface area (Å²) < 4.78 is 11.1. The topological polar surface area (TPSA) is 90.7 Å². The molecule has 0 aliphatic heterocycles. The van der Waals surface area contributed by atoms with E-state index >= 15 is 0 Å². The fraction of sp³-hybridized carbons (Fsp3) is 0.118. The number of hydrogen-bond acceptors (Lipinski definition) is 6. The van der Waals surface area contributed by atoms with Crippen LogP contribution in [0.1, 0.15) is 9.67 Å². The van der Waals surface area contributed by atoms with Gasteiger partial charge in [0, 0.05) is 16.2 Å². The van der Waals surface area contributed by atoms with Crippen molar-refractivity contribution < 1.29 is 19.2 Å². The van der Waals surface area contributed by atoms with Crippen molar-refractivity contribution in [2.24, 2.45) is 0 Å². The average molecular weight is 393 g/mol. The van der Waals surface area contributed by atoms with Gasteiger partial charge < -0.3 is 14.8 Å². The van der Waals surface area contributed by atoms with E-state index in [4.69, 9.17) is 21.1 Å². The van der Waals surface area contributed by atoms with Crippen LogP contribution in [0.2, 0.25) is 5.02 Å². The third kappa shape index (κ3) is 3.29. The van der Waals surface area contributed by atoms with E-state index in [1.165, 1.54) is 36.6 Å². The zero-order valence-electron chi connectivity index (χ0n) is 13.7. The monoisotopic (exact) mass is 392 g/mol. The van der Waals surface area contributed by atoms with Gasteiger partial charge in [-0.1, -0.05) is 11.6 Å². The van der Waals surface area contributed by atoms with E-state index in [0.717, 1.165) is 10.1 Å². The normalized spacial score (nSPS) is 10.6. The van der Waals surface area contributed by atoms with Crippen molar-refractivity contribution in [3.05, 3.63) is 56.4 Å². The van der Waals surface area contributed by atoms with Gasteiger partial charge in [-0.25, -0.2) is 0 Å². The molecule has 9 heteroatoms. The highest BCUT2D eigenvalue weighted by atomic mass is 35.5. The molecule has 1 aromatic heterocycles. The number of amides is 1. The van der Waals surface area contributed by atoms with Crippen LogP contribution in [-0.2, 0) is 0 Å². The summed E-state index contributed by atoms with van der Waals surface area (Å²) in [6, 6.07) is 9.30. The highest BCUT2D eigenvalue weighted by molar-refractivity contribution is 7.21. The number of nitrogens with zero attached hydrogens (tertiary/aromatic N) is 1. The first-order valence-electron chi connectivity index (χ1n) is 7.34. The SMILES string of the molecule is COc1ccc2c(Cl)c(C(=O)Nc3ccc([N+](=O)[O-])cc3OC)sc2c1. The third-order valence-corrected chi connectivity index (χ3v) is 5.34. The lowest BCUT2D eigenvalue weighted by atomic mass is 10.2. The van der Waals surface area contributed by atoms with Gasteiger partial charge in [-0.3, -0.25) is 14.9 Å². The number of ether oxygens (including phenoxy) is 2. The summed E-state index contributed by atoms with van der Waals surface area (Å²) in [4.78, 5) is 23.3. The number of nitro benzene ring substituents is 1. The fourth-order valence-corrected chi connectivity index (χ4v) is 3.84. The predicted octanol–water partition coefficient (Wildman–Crippen LogP) is 4.73. The minimum atomic E-state index is -0.537. The number of halogens is 1. The van der Waals surface area contributed by atoms with Crippen LogP contribution >= 0.6 is 22.9 Å². The molecule has 2 aromatic carbocycles. The van der Waals surface area contributed by atoms with Gasteiger partial charge in [0.25, 0.3) is 11.6 Å². The number of fused-ring (bicyclic) bond motifs is 1. The van der Waals surface area contributed by atoms with E-state index in [2.05, 4.69) is 5.32 Å². The Labute approximate surface area is 157 Å². The summed E-state index contributed by atoms with van der Waals surface area (Å²) in [5, 5.41) is 14.6. The molecule has 0 radical (unpaired) electrons. The first-order chi connectivity index (χ1) is 12.4. The minimum absolute atomic E-state index is 0.133. The quantitative estimate of drug-likeness (QED) is 0.500. The second-order valence-corrected chi connectivity index (χ2v) is 6.63. The van der Waals surface area contributed by atoms with Crippen LogP contribution in [0.4, 0.5) is 11.4 Å². The number of nitrogens with one attached hydrogen (secondary N) is 1. The van der Waals surface area contributed by atoms with Gasteiger partial charge in [-0.2, -0.15) is 0 Å². The Balaban J connectivity index is 1.94. The second-order valence-electron chi connectivity index (χ2n) is 5.20. The zero-order chi connectivity index (χ0) is 18.8. The Morgan fingerprint density at radius 3 is 2.62 bits per heavy atom. The first kappa shape index (κ1) is 18.0. The number of methoxy groups -OCH3 is 2. The van der Waals surface area contributed by atoms with Crippen molar-refractivity contribution in [2.75, 3.05) is 19.5 Å². The number of non-ortho nitro benzene ring substituents is 1. The standard InChI is InChI=1S/C17H13ClN2O5S/c1-24-10-4-5-11-14(8-10)26-16(15(11)18)17(21)19-12-6-3-9(20(22)23)7-13(12)25-2/h3-8H,1-2H3,(H,19,21). The molecule has 0 saturated carbocycles. The van der Waals surface area contributed by atoms with Crippen molar-refractivity contribution in [3.63, 3.8) is 0 Å². The molecule has 0 unspecified atom stereocenters. The number of rotatable bonds is 5. The lowest BCUT2D eigenvalue weighted by Gasteiger charge is -2.09.